The van der Waals surface area contributed by atoms with Gasteiger partial charge in [-0.3, -0.25) is 22.8 Å². The first-order valence-corrected chi connectivity index (χ1v) is 35.4. The predicted molar refractivity (Wildman–Crippen MR) is 286 cm³/mol. The average Bonchev–Trinajstić information content (AvgIpc) is 3.38. The van der Waals surface area contributed by atoms with Gasteiger partial charge in [0.15, 0.2) is 27.7 Å². The van der Waals surface area contributed by atoms with Crippen LogP contribution < -0.4 is 19.7 Å². The fourth-order valence-corrected chi connectivity index (χ4v) is 24.9. The number of benzene rings is 6. The van der Waals surface area contributed by atoms with Gasteiger partial charge in [0.2, 0.25) is 5.12 Å². The van der Waals surface area contributed by atoms with Gasteiger partial charge in [-0.1, -0.05) is 145 Å². The molecule has 12 nitrogen and oxygen atoms in total. The lowest BCUT2D eigenvalue weighted by Gasteiger charge is -2.32. The van der Waals surface area contributed by atoms with E-state index in [1.165, 1.54) is 0 Å². The van der Waals surface area contributed by atoms with Crippen LogP contribution in [0.4, 0.5) is 0 Å². The molecule has 2 aliphatic heterocycles. The van der Waals surface area contributed by atoms with Crippen molar-refractivity contribution in [3.63, 3.8) is 0 Å². The summed E-state index contributed by atoms with van der Waals surface area (Å²) in [6, 6.07) is 45.8. The van der Waals surface area contributed by atoms with E-state index in [-0.39, 0.29) is 12.3 Å². The van der Waals surface area contributed by atoms with Crippen LogP contribution in [0.15, 0.2) is 150 Å². The highest BCUT2D eigenvalue weighted by molar-refractivity contribution is 7.71. The van der Waals surface area contributed by atoms with E-state index < -0.39 is 59.6 Å². The Hall–Kier alpha value is -3.62. The maximum atomic E-state index is 14.2. The van der Waals surface area contributed by atoms with Gasteiger partial charge < -0.3 is 19.8 Å². The molecule has 7 aromatic rings. The van der Waals surface area contributed by atoms with E-state index in [4.69, 9.17) is 24.0 Å². The summed E-state index contributed by atoms with van der Waals surface area (Å²) in [5.41, 5.74) is 4.37. The number of para-hydroxylation sites is 3. The van der Waals surface area contributed by atoms with Gasteiger partial charge in [-0.2, -0.15) is 0 Å². The minimum absolute atomic E-state index is 0.131. The van der Waals surface area contributed by atoms with Crippen LogP contribution in [0, 0.1) is 0 Å². The maximum Gasteiger partial charge on any atom is 0.921 e. The van der Waals surface area contributed by atoms with Crippen molar-refractivity contribution in [2.45, 2.75) is 41.5 Å². The molecule has 9 rings (SSSR count). The van der Waals surface area contributed by atoms with Crippen molar-refractivity contribution in [2.24, 2.45) is 0 Å². The molecule has 69 heavy (non-hydrogen) atoms. The van der Waals surface area contributed by atoms with Crippen LogP contribution in [0.1, 0.15) is 41.5 Å². The van der Waals surface area contributed by atoms with Gasteiger partial charge in [0.05, 0.1) is 10.6 Å². The number of hydrogen-bond donors (Lipinski definition) is 0. The fraction of sp³-hybridized carbons (Fsp3) is 0.280. The third-order valence-corrected chi connectivity index (χ3v) is 31.1. The van der Waals surface area contributed by atoms with Crippen molar-refractivity contribution in [3.05, 3.63) is 146 Å². The van der Waals surface area contributed by atoms with Gasteiger partial charge in [-0.15, -0.1) is 0 Å². The Morgan fingerprint density at radius 3 is 1.25 bits per heavy atom. The van der Waals surface area contributed by atoms with Crippen LogP contribution in [0.3, 0.4) is 0 Å². The lowest BCUT2D eigenvalue weighted by molar-refractivity contribution is 0.306. The van der Waals surface area contributed by atoms with Gasteiger partial charge in [0.1, 0.15) is 11.5 Å². The van der Waals surface area contributed by atoms with E-state index in [1.807, 2.05) is 146 Å². The maximum absolute atomic E-state index is 14.2. The molecule has 2 aliphatic rings. The van der Waals surface area contributed by atoms with Gasteiger partial charge in [-0.05, 0) is 58.2 Å². The average molecular weight is 1060 g/mol. The zero-order valence-corrected chi connectivity index (χ0v) is 46.2. The van der Waals surface area contributed by atoms with E-state index in [9.17, 15) is 27.4 Å². The Morgan fingerprint density at radius 1 is 0.464 bits per heavy atom. The molecule has 1 aromatic heterocycles. The monoisotopic (exact) mass is 1060 g/mol. The van der Waals surface area contributed by atoms with E-state index in [0.717, 1.165) is 38.1 Å². The van der Waals surface area contributed by atoms with Gasteiger partial charge in [-0.25, -0.2) is 4.20 Å². The third-order valence-electron chi connectivity index (χ3n) is 12.3. The largest absolute Gasteiger partial charge is 0.921 e. The summed E-state index contributed by atoms with van der Waals surface area (Å²) in [6.45, 7) is 10.6. The van der Waals surface area contributed by atoms with Gasteiger partial charge in [0, 0.05) is 71.2 Å². The molecule has 3 heterocycles. The first kappa shape index (κ1) is 53.2. The zero-order chi connectivity index (χ0) is 49.5. The van der Waals surface area contributed by atoms with Crippen LogP contribution in [-0.2, 0) is 38.1 Å². The Bertz CT molecular complexity index is 3070. The minimum atomic E-state index is -3.29. The topological polar surface area (TPSA) is 162 Å². The molecule has 0 radical (unpaired) electrons. The molecule has 0 bridgehead atoms. The molecule has 0 N–H and O–H groups in total. The minimum Gasteiger partial charge on any atom is -0.439 e. The number of rotatable bonds is 15. The van der Waals surface area contributed by atoms with Crippen molar-refractivity contribution < 1.29 is 51.4 Å². The van der Waals surface area contributed by atoms with Crippen molar-refractivity contribution in [2.75, 3.05) is 49.3 Å². The second-order valence-corrected chi connectivity index (χ2v) is 34.2. The van der Waals surface area contributed by atoms with Crippen LogP contribution in [0.5, 0.6) is 11.5 Å². The Labute approximate surface area is 411 Å². The zero-order valence-electron chi connectivity index (χ0n) is 39.7. The molecule has 6 aromatic carbocycles. The molecular weight excluding hydrogens is 1010 g/mol. The van der Waals surface area contributed by atoms with Crippen molar-refractivity contribution in [1.29, 1.82) is 0 Å². The lowest BCUT2D eigenvalue weighted by atomic mass is 10.0. The van der Waals surface area contributed by atoms with Crippen LogP contribution in [0.25, 0.3) is 43.7 Å². The summed E-state index contributed by atoms with van der Waals surface area (Å²) in [6.07, 6.45) is 2.37. The second-order valence-electron chi connectivity index (χ2n) is 16.3. The third kappa shape index (κ3) is 12.0. The highest BCUT2D eigenvalue weighted by atomic mass is 31.2. The van der Waals surface area contributed by atoms with Crippen molar-refractivity contribution in [3.8, 4) is 33.8 Å². The molecule has 0 spiro atoms. The van der Waals surface area contributed by atoms with E-state index in [2.05, 4.69) is 0 Å². The van der Waals surface area contributed by atoms with Crippen LogP contribution >= 0.6 is 44.5 Å². The van der Waals surface area contributed by atoms with Gasteiger partial charge >= 0.3 is 22.8 Å². The Balaban J connectivity index is 0.000000165. The summed E-state index contributed by atoms with van der Waals surface area (Å²) >= 11 is -3.00. The highest BCUT2D eigenvalue weighted by Gasteiger charge is 2.47. The molecule has 3 unspecified atom stereocenters. The van der Waals surface area contributed by atoms with Crippen LogP contribution in [-0.4, -0.2) is 64.4 Å². The molecule has 3 atom stereocenters. The standard InChI is InChI=1S/C26H20O4P2.C12H8O2P.3C4H11O2P.Al/c27-31(25-15-7-3-11-21(25)19-9-1-5-13-23(19)29-31)17-18-32(28)26-16-8-4-12-22(26)20-10-2-6-14-24(20)30-32;13-15-12-8-4-2-6-10(12)9-5-1-3-7-11(9)14-15;3*1-3-7(5,6)4-2;/h1-16H,17-18H2;1-8H;3*3-4H2,1-2H3,(H,5,6);/q;+1;;;;+3/p-3. The summed E-state index contributed by atoms with van der Waals surface area (Å²) in [4.78, 5) is 0. The molecule has 362 valence electrons. The predicted octanol–water partition coefficient (Wildman–Crippen LogP) is 15.6. The molecule has 19 heteroatoms. The van der Waals surface area contributed by atoms with E-state index >= 15 is 0 Å². The van der Waals surface area contributed by atoms with Crippen LogP contribution in [0.2, 0.25) is 0 Å². The highest BCUT2D eigenvalue weighted by Crippen LogP contribution is 2.60. The summed E-state index contributed by atoms with van der Waals surface area (Å²) in [5.74, 6) is 1.20. The first-order chi connectivity index (χ1) is 33.1. The summed E-state index contributed by atoms with van der Waals surface area (Å²) < 4.78 is 112. The SMILES string of the molecule is CCP(=O)(CC)[O][Al]([O]P(=O)(CC)CC)[O]P(=O)(CC)CC.O=P1(CCP2(=O)Oc3ccccc3-c3ccccc32)Oc2ccccc2-c2ccccc21.O=[p+]1oc2ccccc2c2ccccc21. The molecule has 0 saturated carbocycles. The Kier molecular flexibility index (Phi) is 17.6. The molecule has 0 saturated heterocycles. The van der Waals surface area contributed by atoms with Crippen molar-refractivity contribution >= 4 is 91.7 Å². The summed E-state index contributed by atoms with van der Waals surface area (Å²) in [7, 11) is -17.0. The van der Waals surface area contributed by atoms with E-state index in [0.29, 0.717) is 64.7 Å². The normalized spacial score (nSPS) is 17.3. The molecule has 0 amide bonds. The summed E-state index contributed by atoms with van der Waals surface area (Å²) in [5, 5.41) is 4.17. The van der Waals surface area contributed by atoms with Gasteiger partial charge in [0.25, 0.3) is 14.7 Å². The number of hydrogen-bond acceptors (Lipinski definition) is 12. The smallest absolute Gasteiger partial charge is 0.439 e. The van der Waals surface area contributed by atoms with Crippen molar-refractivity contribution in [1.82, 2.24) is 0 Å². The quantitative estimate of drug-likeness (QED) is 0.0543. The lowest BCUT2D eigenvalue weighted by Crippen LogP contribution is -2.26. The molecule has 0 fully saturated rings. The molecular formula is C50H58AlO12P6+. The Morgan fingerprint density at radius 2 is 0.812 bits per heavy atom. The second kappa shape index (κ2) is 22.9. The fourth-order valence-electron chi connectivity index (χ4n) is 7.96. The first-order valence-electron chi connectivity index (χ1n) is 23.2. The number of fused-ring (bicyclic) bond motifs is 9. The molecule has 0 aliphatic carbocycles. The van der Waals surface area contributed by atoms with E-state index in [1.54, 1.807) is 41.5 Å².